The minimum Gasteiger partial charge on any atom is -0.481 e. The summed E-state index contributed by atoms with van der Waals surface area (Å²) in [6.07, 6.45) is 2.50. The van der Waals surface area contributed by atoms with E-state index in [1.165, 1.54) is 13.2 Å². The third-order valence-electron chi connectivity index (χ3n) is 2.50. The lowest BCUT2D eigenvalue weighted by Gasteiger charge is -1.97. The Kier molecular flexibility index (Phi) is 17.4. The van der Waals surface area contributed by atoms with E-state index in [4.69, 9.17) is 20.4 Å². The first-order chi connectivity index (χ1) is 12.8. The Bertz CT molecular complexity index is 655. The van der Waals surface area contributed by atoms with Crippen LogP contribution in [0.2, 0.25) is 0 Å². The lowest BCUT2D eigenvalue weighted by molar-refractivity contribution is -0.139. The number of carboxylic acid groups (broad SMARTS) is 4. The lowest BCUT2D eigenvalue weighted by atomic mass is 10.2. The molecule has 0 aromatic carbocycles. The molecular formula is C18H24O10. The van der Waals surface area contributed by atoms with Crippen molar-refractivity contribution < 1.29 is 49.1 Å². The largest absolute Gasteiger partial charge is 0.481 e. The van der Waals surface area contributed by atoms with E-state index in [-0.39, 0.29) is 23.1 Å². The summed E-state index contributed by atoms with van der Waals surface area (Å²) in [5.74, 6) is -4.92. The van der Waals surface area contributed by atoms with Crippen molar-refractivity contribution in [2.45, 2.75) is 26.2 Å². The Morgan fingerprint density at radius 2 is 1.32 bits per heavy atom. The fourth-order valence-electron chi connectivity index (χ4n) is 0.939. The molecule has 4 N–H and O–H groups in total. The number of rotatable bonds is 9. The number of carbonyl (C=O) groups excluding carboxylic acids is 1. The number of methoxy groups -OCH3 is 1. The Morgan fingerprint density at radius 1 is 0.857 bits per heavy atom. The fraction of sp³-hybridized carbons (Fsp3) is 0.278. The predicted molar refractivity (Wildman–Crippen MR) is 98.6 cm³/mol. The van der Waals surface area contributed by atoms with Gasteiger partial charge in [-0.05, 0) is 12.8 Å². The van der Waals surface area contributed by atoms with E-state index in [2.05, 4.69) is 24.5 Å². The predicted octanol–water partition coefficient (Wildman–Crippen LogP) is 1.89. The number of esters is 1. The molecule has 0 atom stereocenters. The van der Waals surface area contributed by atoms with Crippen LogP contribution in [0.15, 0.2) is 48.6 Å². The molecule has 0 saturated heterocycles. The van der Waals surface area contributed by atoms with Gasteiger partial charge in [0.05, 0.1) is 13.5 Å². The molecule has 0 unspecified atom stereocenters. The maximum Gasteiger partial charge on any atom is 0.333 e. The third-order valence-corrected chi connectivity index (χ3v) is 2.50. The Hall–Kier alpha value is -3.69. The molecule has 0 fully saturated rings. The van der Waals surface area contributed by atoms with E-state index in [0.29, 0.717) is 6.42 Å². The second-order valence-corrected chi connectivity index (χ2v) is 4.78. The SMILES string of the molecule is C=C(CC(=O)O)C(=O)O.C=C(CC)C(=O)O.C=C(CC=CC(=O)O)C(=O)OC. The summed E-state index contributed by atoms with van der Waals surface area (Å²) in [7, 11) is 1.24. The zero-order valence-corrected chi connectivity index (χ0v) is 15.6. The van der Waals surface area contributed by atoms with Gasteiger partial charge in [0, 0.05) is 22.8 Å². The van der Waals surface area contributed by atoms with Crippen LogP contribution in [0.3, 0.4) is 0 Å². The van der Waals surface area contributed by atoms with E-state index in [9.17, 15) is 24.0 Å². The molecule has 28 heavy (non-hydrogen) atoms. The van der Waals surface area contributed by atoms with Gasteiger partial charge in [-0.1, -0.05) is 32.7 Å². The van der Waals surface area contributed by atoms with Crippen molar-refractivity contribution in [3.05, 3.63) is 48.6 Å². The number of hydrogen-bond acceptors (Lipinski definition) is 6. The number of aliphatic carboxylic acids is 4. The van der Waals surface area contributed by atoms with Gasteiger partial charge >= 0.3 is 29.8 Å². The minimum absolute atomic E-state index is 0.193. The van der Waals surface area contributed by atoms with E-state index >= 15 is 0 Å². The topological polar surface area (TPSA) is 175 Å². The molecule has 0 radical (unpaired) electrons. The number of carbonyl (C=O) groups is 5. The molecule has 0 aliphatic rings. The van der Waals surface area contributed by atoms with Gasteiger partial charge in [-0.2, -0.15) is 0 Å². The van der Waals surface area contributed by atoms with Crippen LogP contribution in [0, 0.1) is 0 Å². The highest BCUT2D eigenvalue weighted by atomic mass is 16.5. The summed E-state index contributed by atoms with van der Waals surface area (Å²) in [4.78, 5) is 50.2. The monoisotopic (exact) mass is 400 g/mol. The van der Waals surface area contributed by atoms with Crippen LogP contribution < -0.4 is 0 Å². The van der Waals surface area contributed by atoms with Gasteiger partial charge in [-0.25, -0.2) is 19.2 Å². The van der Waals surface area contributed by atoms with Crippen molar-refractivity contribution in [2.75, 3.05) is 7.11 Å². The molecule has 0 aromatic heterocycles. The third kappa shape index (κ3) is 20.4. The van der Waals surface area contributed by atoms with Crippen molar-refractivity contribution in [1.29, 1.82) is 0 Å². The molecule has 10 nitrogen and oxygen atoms in total. The molecule has 0 aliphatic heterocycles. The molecule has 156 valence electrons. The van der Waals surface area contributed by atoms with Crippen molar-refractivity contribution >= 4 is 29.8 Å². The Labute approximate surface area is 161 Å². The van der Waals surface area contributed by atoms with E-state index in [1.807, 2.05) is 0 Å². The van der Waals surface area contributed by atoms with Crippen LogP contribution in [-0.4, -0.2) is 57.4 Å². The Balaban J connectivity index is -0.000000349. The Morgan fingerprint density at radius 3 is 1.54 bits per heavy atom. The number of ether oxygens (including phenoxy) is 1. The lowest BCUT2D eigenvalue weighted by Crippen LogP contribution is -2.04. The molecule has 0 bridgehead atoms. The van der Waals surface area contributed by atoms with Crippen molar-refractivity contribution in [2.24, 2.45) is 0 Å². The van der Waals surface area contributed by atoms with E-state index in [0.717, 1.165) is 6.08 Å². The van der Waals surface area contributed by atoms with Crippen LogP contribution >= 0.6 is 0 Å². The highest BCUT2D eigenvalue weighted by Gasteiger charge is 2.07. The van der Waals surface area contributed by atoms with E-state index < -0.39 is 36.3 Å². The average molecular weight is 400 g/mol. The van der Waals surface area contributed by atoms with Gasteiger partial charge in [0.2, 0.25) is 0 Å². The standard InChI is InChI=1S/C8H10O4.C5H6O4.C5H8O2/c1-6(8(11)12-2)4-3-5-7(9)10;1-3(5(8)9)2-4(6)7;1-3-4(2)5(6)7/h3,5H,1,4H2,2H3,(H,9,10);1-2H2,(H,6,7)(H,8,9);2-3H2,1H3,(H,6,7). The van der Waals surface area contributed by atoms with Gasteiger partial charge in [-0.15, -0.1) is 0 Å². The normalized spacial score (nSPS) is 8.93. The molecular weight excluding hydrogens is 376 g/mol. The van der Waals surface area contributed by atoms with Crippen LogP contribution in [-0.2, 0) is 28.7 Å². The van der Waals surface area contributed by atoms with Crippen LogP contribution in [0.5, 0.6) is 0 Å². The second kappa shape index (κ2) is 16.8. The first-order valence-electron chi connectivity index (χ1n) is 7.49. The van der Waals surface area contributed by atoms with Crippen LogP contribution in [0.25, 0.3) is 0 Å². The van der Waals surface area contributed by atoms with Gasteiger partial charge < -0.3 is 25.2 Å². The van der Waals surface area contributed by atoms with Crippen molar-refractivity contribution in [3.8, 4) is 0 Å². The van der Waals surface area contributed by atoms with E-state index in [1.54, 1.807) is 6.92 Å². The first kappa shape index (κ1) is 29.1. The van der Waals surface area contributed by atoms with Gasteiger partial charge in [0.1, 0.15) is 0 Å². The summed E-state index contributed by atoms with van der Waals surface area (Å²) in [5.41, 5.74) is 0.192. The molecule has 0 spiro atoms. The second-order valence-electron chi connectivity index (χ2n) is 4.78. The highest BCUT2D eigenvalue weighted by Crippen LogP contribution is 2.00. The zero-order valence-electron chi connectivity index (χ0n) is 15.6. The molecule has 0 aromatic rings. The van der Waals surface area contributed by atoms with Crippen molar-refractivity contribution in [3.63, 3.8) is 0 Å². The highest BCUT2D eigenvalue weighted by molar-refractivity contribution is 5.91. The molecule has 0 aliphatic carbocycles. The van der Waals surface area contributed by atoms with Crippen LogP contribution in [0.4, 0.5) is 0 Å². The molecule has 0 rings (SSSR count). The van der Waals surface area contributed by atoms with Gasteiger partial charge in [-0.3, -0.25) is 4.79 Å². The zero-order chi connectivity index (χ0) is 22.9. The van der Waals surface area contributed by atoms with Crippen molar-refractivity contribution in [1.82, 2.24) is 0 Å². The summed E-state index contributed by atoms with van der Waals surface area (Å²) in [6, 6.07) is 0. The number of allylic oxidation sites excluding steroid dienone is 1. The molecule has 0 saturated carbocycles. The average Bonchev–Trinajstić information content (AvgIpc) is 2.60. The van der Waals surface area contributed by atoms with Gasteiger partial charge in [0.25, 0.3) is 0 Å². The maximum absolute atomic E-state index is 10.7. The molecule has 10 heteroatoms. The fourth-order valence-corrected chi connectivity index (χ4v) is 0.939. The molecule has 0 heterocycles. The number of hydrogen-bond donors (Lipinski definition) is 4. The quantitative estimate of drug-likeness (QED) is 0.330. The van der Waals surface area contributed by atoms with Crippen LogP contribution in [0.1, 0.15) is 26.2 Å². The maximum atomic E-state index is 10.7. The summed E-state index contributed by atoms with van der Waals surface area (Å²) >= 11 is 0. The van der Waals surface area contributed by atoms with Gasteiger partial charge in [0.15, 0.2) is 0 Å². The summed E-state index contributed by atoms with van der Waals surface area (Å²) in [5, 5.41) is 32.3. The summed E-state index contributed by atoms with van der Waals surface area (Å²) in [6.45, 7) is 11.5. The first-order valence-corrected chi connectivity index (χ1v) is 7.49. The molecule has 0 amide bonds. The minimum atomic E-state index is -1.27. The smallest absolute Gasteiger partial charge is 0.333 e. The summed E-state index contributed by atoms with van der Waals surface area (Å²) < 4.78 is 4.35. The number of carboxylic acids is 4.